The number of hydrogen-bond donors (Lipinski definition) is 3. The molecule has 0 amide bonds. The molecule has 9 nitrogen and oxygen atoms in total. The number of carbonyl (C=O) groups is 3. The van der Waals surface area contributed by atoms with Crippen molar-refractivity contribution in [2.75, 3.05) is 26.4 Å². The van der Waals surface area contributed by atoms with Crippen LogP contribution in [0.2, 0.25) is 0 Å². The lowest BCUT2D eigenvalue weighted by Gasteiger charge is -2.24. The average Bonchev–Trinajstić information content (AvgIpc) is 2.44. The maximum absolute atomic E-state index is 11.9. The van der Waals surface area contributed by atoms with E-state index in [1.165, 1.54) is 13.8 Å². The molecule has 0 heterocycles. The maximum Gasteiger partial charge on any atom is 0.339 e. The van der Waals surface area contributed by atoms with Gasteiger partial charge in [0.05, 0.1) is 32.7 Å². The molecule has 0 aromatic carbocycles. The Kier molecular flexibility index (Phi) is 9.31. The van der Waals surface area contributed by atoms with Gasteiger partial charge in [0.2, 0.25) is 0 Å². The molecule has 0 radical (unpaired) electrons. The second-order valence-corrected chi connectivity index (χ2v) is 4.43. The summed E-state index contributed by atoms with van der Waals surface area (Å²) in [6, 6.07) is 0. The predicted octanol–water partition coefficient (Wildman–Crippen LogP) is -1.48. The third-order valence-corrected chi connectivity index (χ3v) is 2.48. The molecule has 22 heavy (non-hydrogen) atoms. The number of ether oxygens (including phenoxy) is 3. The highest BCUT2D eigenvalue weighted by molar-refractivity contribution is 5.90. The van der Waals surface area contributed by atoms with Gasteiger partial charge >= 0.3 is 17.9 Å². The van der Waals surface area contributed by atoms with Crippen LogP contribution in [0.15, 0.2) is 0 Å². The van der Waals surface area contributed by atoms with E-state index in [0.29, 0.717) is 0 Å². The van der Waals surface area contributed by atoms with Gasteiger partial charge in [0.1, 0.15) is 12.7 Å². The average molecular weight is 322 g/mol. The number of aliphatic hydroxyl groups excluding tert-OH is 2. The van der Waals surface area contributed by atoms with E-state index in [2.05, 4.69) is 14.2 Å². The largest absolute Gasteiger partial charge is 0.466 e. The van der Waals surface area contributed by atoms with Crippen LogP contribution in [-0.4, -0.2) is 71.4 Å². The summed E-state index contributed by atoms with van der Waals surface area (Å²) in [5.74, 6) is -3.08. The lowest BCUT2D eigenvalue weighted by atomic mass is 9.95. The summed E-state index contributed by atoms with van der Waals surface area (Å²) in [7, 11) is 0. The number of rotatable bonds is 10. The Hall–Kier alpha value is -1.71. The van der Waals surface area contributed by atoms with Gasteiger partial charge in [-0.15, -0.1) is 0 Å². The van der Waals surface area contributed by atoms with Gasteiger partial charge in [0.25, 0.3) is 0 Å². The standard InChI is InChI=1S/C13H22O9/c1-3-20-10(16)5-13(19,6-11(17)21-4-2)12(18)22-8-9(15)7-14/h9,14-15,19H,3-8H2,1-2H3. The van der Waals surface area contributed by atoms with Crippen LogP contribution in [0.5, 0.6) is 0 Å². The first-order valence-electron chi connectivity index (χ1n) is 6.78. The first kappa shape index (κ1) is 20.3. The summed E-state index contributed by atoms with van der Waals surface area (Å²) in [4.78, 5) is 34.8. The van der Waals surface area contributed by atoms with Gasteiger partial charge in [-0.2, -0.15) is 0 Å². The van der Waals surface area contributed by atoms with Gasteiger partial charge in [0, 0.05) is 0 Å². The fraction of sp³-hybridized carbons (Fsp3) is 0.769. The fourth-order valence-electron chi connectivity index (χ4n) is 1.47. The topological polar surface area (TPSA) is 140 Å². The normalized spacial score (nSPS) is 12.4. The highest BCUT2D eigenvalue weighted by atomic mass is 16.6. The Balaban J connectivity index is 4.92. The van der Waals surface area contributed by atoms with Crippen LogP contribution in [0.4, 0.5) is 0 Å². The van der Waals surface area contributed by atoms with E-state index in [9.17, 15) is 19.5 Å². The number of aliphatic hydroxyl groups is 3. The summed E-state index contributed by atoms with van der Waals surface area (Å²) >= 11 is 0. The monoisotopic (exact) mass is 322 g/mol. The quantitative estimate of drug-likeness (QED) is 0.324. The van der Waals surface area contributed by atoms with Gasteiger partial charge < -0.3 is 29.5 Å². The minimum Gasteiger partial charge on any atom is -0.466 e. The van der Waals surface area contributed by atoms with Gasteiger partial charge in [0.15, 0.2) is 5.60 Å². The lowest BCUT2D eigenvalue weighted by Crippen LogP contribution is -2.45. The Bertz CT molecular complexity index is 360. The van der Waals surface area contributed by atoms with Gasteiger partial charge in [-0.25, -0.2) is 4.79 Å². The van der Waals surface area contributed by atoms with E-state index in [0.717, 1.165) is 0 Å². The van der Waals surface area contributed by atoms with E-state index < -0.39 is 55.7 Å². The summed E-state index contributed by atoms with van der Waals surface area (Å²) < 4.78 is 13.9. The molecule has 0 aliphatic rings. The van der Waals surface area contributed by atoms with Crippen LogP contribution in [-0.2, 0) is 28.6 Å². The molecule has 0 aliphatic heterocycles. The van der Waals surface area contributed by atoms with Crippen molar-refractivity contribution in [3.8, 4) is 0 Å². The molecule has 128 valence electrons. The van der Waals surface area contributed by atoms with Crippen molar-refractivity contribution < 1.29 is 43.9 Å². The van der Waals surface area contributed by atoms with E-state index in [1.807, 2.05) is 0 Å². The molecule has 1 atom stereocenters. The highest BCUT2D eigenvalue weighted by Gasteiger charge is 2.43. The van der Waals surface area contributed by atoms with Crippen LogP contribution in [0.1, 0.15) is 26.7 Å². The Morgan fingerprint density at radius 2 is 1.45 bits per heavy atom. The van der Waals surface area contributed by atoms with Gasteiger partial charge in [-0.3, -0.25) is 9.59 Å². The Labute approximate surface area is 127 Å². The molecule has 0 saturated carbocycles. The van der Waals surface area contributed by atoms with Crippen LogP contribution in [0.25, 0.3) is 0 Å². The van der Waals surface area contributed by atoms with Crippen LogP contribution in [0.3, 0.4) is 0 Å². The molecule has 0 saturated heterocycles. The Morgan fingerprint density at radius 3 is 1.82 bits per heavy atom. The van der Waals surface area contributed by atoms with Crippen molar-refractivity contribution in [2.24, 2.45) is 0 Å². The van der Waals surface area contributed by atoms with Crippen molar-refractivity contribution in [1.29, 1.82) is 0 Å². The molecule has 9 heteroatoms. The highest BCUT2D eigenvalue weighted by Crippen LogP contribution is 2.20. The van der Waals surface area contributed by atoms with Crippen molar-refractivity contribution >= 4 is 17.9 Å². The van der Waals surface area contributed by atoms with Crippen molar-refractivity contribution in [3.05, 3.63) is 0 Å². The molecule has 0 bridgehead atoms. The SMILES string of the molecule is CCOC(=O)CC(O)(CC(=O)OCC)C(=O)OCC(O)CO. The smallest absolute Gasteiger partial charge is 0.339 e. The molecular weight excluding hydrogens is 300 g/mol. The molecule has 0 aromatic heterocycles. The second kappa shape index (κ2) is 10.1. The zero-order valence-electron chi connectivity index (χ0n) is 12.6. The van der Waals surface area contributed by atoms with Crippen molar-refractivity contribution in [2.45, 2.75) is 38.4 Å². The first-order valence-corrected chi connectivity index (χ1v) is 6.78. The third kappa shape index (κ3) is 7.34. The zero-order chi connectivity index (χ0) is 17.2. The number of esters is 3. The van der Waals surface area contributed by atoms with Crippen LogP contribution >= 0.6 is 0 Å². The summed E-state index contributed by atoms with van der Waals surface area (Å²) in [5.41, 5.74) is -2.46. The van der Waals surface area contributed by atoms with E-state index in [1.54, 1.807) is 0 Å². The van der Waals surface area contributed by atoms with Crippen molar-refractivity contribution in [3.63, 3.8) is 0 Å². The van der Waals surface area contributed by atoms with Gasteiger partial charge in [-0.1, -0.05) is 0 Å². The molecule has 0 aliphatic carbocycles. The molecular formula is C13H22O9. The summed E-state index contributed by atoms with van der Waals surface area (Å²) in [5, 5.41) is 28.0. The van der Waals surface area contributed by atoms with Gasteiger partial charge in [-0.05, 0) is 13.8 Å². The molecule has 0 rings (SSSR count). The fourth-order valence-corrected chi connectivity index (χ4v) is 1.47. The molecule has 1 unspecified atom stereocenters. The molecule has 0 aromatic rings. The Morgan fingerprint density at radius 1 is 1.00 bits per heavy atom. The number of hydrogen-bond acceptors (Lipinski definition) is 9. The van der Waals surface area contributed by atoms with Crippen LogP contribution < -0.4 is 0 Å². The third-order valence-electron chi connectivity index (χ3n) is 2.48. The van der Waals surface area contributed by atoms with E-state index in [-0.39, 0.29) is 13.2 Å². The summed E-state index contributed by atoms with van der Waals surface area (Å²) in [6.45, 7) is 1.90. The van der Waals surface area contributed by atoms with E-state index in [4.69, 9.17) is 10.2 Å². The minimum atomic E-state index is -2.46. The minimum absolute atomic E-state index is 0.0343. The molecule has 3 N–H and O–H groups in total. The lowest BCUT2D eigenvalue weighted by molar-refractivity contribution is -0.180. The first-order chi connectivity index (χ1) is 10.3. The zero-order valence-corrected chi connectivity index (χ0v) is 12.6. The maximum atomic E-state index is 11.9. The predicted molar refractivity (Wildman–Crippen MR) is 71.5 cm³/mol. The molecule has 0 fully saturated rings. The summed E-state index contributed by atoms with van der Waals surface area (Å²) in [6.07, 6.45) is -2.93. The number of carbonyl (C=O) groups excluding carboxylic acids is 3. The second-order valence-electron chi connectivity index (χ2n) is 4.43. The van der Waals surface area contributed by atoms with E-state index >= 15 is 0 Å². The van der Waals surface area contributed by atoms with Crippen molar-refractivity contribution in [1.82, 2.24) is 0 Å². The molecule has 0 spiro atoms. The van der Waals surface area contributed by atoms with Crippen LogP contribution in [0, 0.1) is 0 Å².